The maximum atomic E-state index is 11.2. The fraction of sp³-hybridized carbons (Fsp3) is 0.0769. The minimum absolute atomic E-state index is 0.395. The lowest BCUT2D eigenvalue weighted by atomic mass is 10.2. The molecule has 0 aliphatic rings. The van der Waals surface area contributed by atoms with Crippen LogP contribution in [0.2, 0.25) is 0 Å². The molecule has 2 N–H and O–H groups in total. The van der Waals surface area contributed by atoms with Crippen LogP contribution < -0.4 is 5.73 Å². The van der Waals surface area contributed by atoms with Crippen LogP contribution in [0.4, 0.5) is 5.69 Å². The van der Waals surface area contributed by atoms with E-state index in [0.717, 1.165) is 5.76 Å². The maximum Gasteiger partial charge on any atom is 0.250 e. The van der Waals surface area contributed by atoms with Gasteiger partial charge in [0.25, 0.3) is 5.91 Å². The first-order valence-corrected chi connectivity index (χ1v) is 5.16. The number of rotatable bonds is 3. The van der Waals surface area contributed by atoms with E-state index in [4.69, 9.17) is 10.2 Å². The van der Waals surface area contributed by atoms with Gasteiger partial charge in [-0.2, -0.15) is 0 Å². The number of primary amides is 1. The van der Waals surface area contributed by atoms with E-state index in [1.165, 1.54) is 0 Å². The van der Waals surface area contributed by atoms with E-state index >= 15 is 0 Å². The van der Waals surface area contributed by atoms with Gasteiger partial charge < -0.3 is 10.2 Å². The number of para-hydroxylation sites is 1. The molecule has 1 amide bonds. The van der Waals surface area contributed by atoms with E-state index in [2.05, 4.69) is 4.99 Å². The number of carbonyl (C=O) groups is 1. The summed E-state index contributed by atoms with van der Waals surface area (Å²) < 4.78 is 5.34. The van der Waals surface area contributed by atoms with Gasteiger partial charge in [0.15, 0.2) is 0 Å². The molecule has 2 rings (SSSR count). The van der Waals surface area contributed by atoms with Gasteiger partial charge in [-0.25, -0.2) is 0 Å². The fourth-order valence-electron chi connectivity index (χ4n) is 1.45. The van der Waals surface area contributed by atoms with E-state index in [9.17, 15) is 4.79 Å². The van der Waals surface area contributed by atoms with Crippen LogP contribution in [-0.4, -0.2) is 12.1 Å². The number of furan rings is 1. The summed E-state index contributed by atoms with van der Waals surface area (Å²) in [4.78, 5) is 15.4. The number of amides is 1. The van der Waals surface area contributed by atoms with E-state index in [0.29, 0.717) is 17.0 Å². The summed E-state index contributed by atoms with van der Waals surface area (Å²) >= 11 is 0. The van der Waals surface area contributed by atoms with Crippen LogP contribution in [0.5, 0.6) is 0 Å². The van der Waals surface area contributed by atoms with Crippen molar-refractivity contribution in [2.45, 2.75) is 6.92 Å². The van der Waals surface area contributed by atoms with Crippen molar-refractivity contribution >= 4 is 17.8 Å². The van der Waals surface area contributed by atoms with E-state index in [1.54, 1.807) is 30.5 Å². The molecule has 0 aliphatic carbocycles. The second kappa shape index (κ2) is 4.65. The SMILES string of the molecule is Cc1ccc(/C=N/c2ccccc2C(N)=O)o1. The lowest BCUT2D eigenvalue weighted by molar-refractivity contribution is 0.100. The first kappa shape index (κ1) is 11.1. The Labute approximate surface area is 98.8 Å². The van der Waals surface area contributed by atoms with Crippen molar-refractivity contribution in [2.75, 3.05) is 0 Å². The van der Waals surface area contributed by atoms with Gasteiger partial charge in [-0.15, -0.1) is 0 Å². The molecular weight excluding hydrogens is 216 g/mol. The smallest absolute Gasteiger partial charge is 0.250 e. The highest BCUT2D eigenvalue weighted by Crippen LogP contribution is 2.18. The minimum atomic E-state index is -0.492. The Kier molecular flexibility index (Phi) is 3.05. The third-order valence-corrected chi connectivity index (χ3v) is 2.26. The second-order valence-corrected chi connectivity index (χ2v) is 3.59. The van der Waals surface area contributed by atoms with Crippen LogP contribution in [0.1, 0.15) is 21.9 Å². The summed E-state index contributed by atoms with van der Waals surface area (Å²) in [6, 6.07) is 10.6. The molecule has 0 bridgehead atoms. The quantitative estimate of drug-likeness (QED) is 0.820. The van der Waals surface area contributed by atoms with Crippen molar-refractivity contribution < 1.29 is 9.21 Å². The highest BCUT2D eigenvalue weighted by atomic mass is 16.3. The number of nitrogens with zero attached hydrogens (tertiary/aromatic N) is 1. The third-order valence-electron chi connectivity index (χ3n) is 2.26. The normalized spacial score (nSPS) is 10.9. The average molecular weight is 228 g/mol. The minimum Gasteiger partial charge on any atom is -0.460 e. The summed E-state index contributed by atoms with van der Waals surface area (Å²) in [6.07, 6.45) is 1.56. The number of benzene rings is 1. The lowest BCUT2D eigenvalue weighted by Crippen LogP contribution is -2.10. The predicted molar refractivity (Wildman–Crippen MR) is 65.7 cm³/mol. The number of hydrogen-bond donors (Lipinski definition) is 1. The maximum absolute atomic E-state index is 11.2. The Hall–Kier alpha value is -2.36. The molecule has 86 valence electrons. The van der Waals surface area contributed by atoms with Crippen molar-refractivity contribution in [2.24, 2.45) is 10.7 Å². The molecular formula is C13H12N2O2. The van der Waals surface area contributed by atoms with Crippen molar-refractivity contribution in [1.29, 1.82) is 0 Å². The average Bonchev–Trinajstić information content (AvgIpc) is 2.73. The number of aliphatic imine (C=N–C) groups is 1. The first-order valence-electron chi connectivity index (χ1n) is 5.16. The molecule has 1 heterocycles. The van der Waals surface area contributed by atoms with Crippen molar-refractivity contribution in [3.63, 3.8) is 0 Å². The number of aryl methyl sites for hydroxylation is 1. The predicted octanol–water partition coefficient (Wildman–Crippen LogP) is 2.44. The van der Waals surface area contributed by atoms with Gasteiger partial charge in [-0.1, -0.05) is 12.1 Å². The molecule has 0 atom stereocenters. The van der Waals surface area contributed by atoms with Crippen LogP contribution in [0.15, 0.2) is 45.8 Å². The second-order valence-electron chi connectivity index (χ2n) is 3.59. The highest BCUT2D eigenvalue weighted by molar-refractivity contribution is 5.98. The molecule has 4 nitrogen and oxygen atoms in total. The van der Waals surface area contributed by atoms with Crippen LogP contribution in [0.25, 0.3) is 0 Å². The van der Waals surface area contributed by atoms with E-state index in [-0.39, 0.29) is 0 Å². The summed E-state index contributed by atoms with van der Waals surface area (Å²) in [6.45, 7) is 1.86. The van der Waals surface area contributed by atoms with E-state index < -0.39 is 5.91 Å². The molecule has 0 saturated carbocycles. The lowest BCUT2D eigenvalue weighted by Gasteiger charge is -1.99. The molecule has 0 aliphatic heterocycles. The Morgan fingerprint density at radius 2 is 2.06 bits per heavy atom. The molecule has 0 saturated heterocycles. The van der Waals surface area contributed by atoms with Gasteiger partial charge in [-0.05, 0) is 31.2 Å². The molecule has 0 unspecified atom stereocenters. The van der Waals surface area contributed by atoms with Gasteiger partial charge in [0, 0.05) is 0 Å². The molecule has 0 fully saturated rings. The standard InChI is InChI=1S/C13H12N2O2/c1-9-6-7-10(17-9)8-15-12-5-3-2-4-11(12)13(14)16/h2-8H,1H3,(H2,14,16)/b15-8+. The van der Waals surface area contributed by atoms with Crippen molar-refractivity contribution in [3.05, 3.63) is 53.5 Å². The molecule has 0 radical (unpaired) electrons. The van der Waals surface area contributed by atoms with E-state index in [1.807, 2.05) is 19.1 Å². The zero-order valence-electron chi connectivity index (χ0n) is 9.38. The van der Waals surface area contributed by atoms with Crippen molar-refractivity contribution in [3.8, 4) is 0 Å². The monoisotopic (exact) mass is 228 g/mol. The molecule has 2 aromatic rings. The Morgan fingerprint density at radius 3 is 2.71 bits per heavy atom. The number of nitrogens with two attached hydrogens (primary N) is 1. The summed E-state index contributed by atoms with van der Waals surface area (Å²) in [5.74, 6) is 0.963. The highest BCUT2D eigenvalue weighted by Gasteiger charge is 2.05. The summed E-state index contributed by atoms with van der Waals surface area (Å²) in [5.41, 5.74) is 6.18. The largest absolute Gasteiger partial charge is 0.460 e. The van der Waals surface area contributed by atoms with Crippen molar-refractivity contribution in [1.82, 2.24) is 0 Å². The topological polar surface area (TPSA) is 68.6 Å². The molecule has 1 aromatic heterocycles. The zero-order chi connectivity index (χ0) is 12.3. The molecule has 17 heavy (non-hydrogen) atoms. The molecule has 0 spiro atoms. The number of carbonyl (C=O) groups excluding carboxylic acids is 1. The summed E-state index contributed by atoms with van der Waals surface area (Å²) in [5, 5.41) is 0. The van der Waals surface area contributed by atoms with Crippen LogP contribution in [-0.2, 0) is 0 Å². The first-order chi connectivity index (χ1) is 8.16. The van der Waals surface area contributed by atoms with Gasteiger partial charge in [0.05, 0.1) is 17.5 Å². The Morgan fingerprint density at radius 1 is 1.29 bits per heavy atom. The molecule has 4 heteroatoms. The van der Waals surface area contributed by atoms with Crippen LogP contribution in [0, 0.1) is 6.92 Å². The third kappa shape index (κ3) is 2.60. The van der Waals surface area contributed by atoms with Gasteiger partial charge in [-0.3, -0.25) is 9.79 Å². The van der Waals surface area contributed by atoms with Gasteiger partial charge in [0.1, 0.15) is 11.5 Å². The Bertz CT molecular complexity index is 570. The number of hydrogen-bond acceptors (Lipinski definition) is 3. The summed E-state index contributed by atoms with van der Waals surface area (Å²) in [7, 11) is 0. The van der Waals surface area contributed by atoms with Crippen LogP contribution in [0.3, 0.4) is 0 Å². The fourth-order valence-corrected chi connectivity index (χ4v) is 1.45. The Balaban J connectivity index is 2.30. The van der Waals surface area contributed by atoms with Gasteiger partial charge in [0.2, 0.25) is 0 Å². The zero-order valence-corrected chi connectivity index (χ0v) is 9.38. The van der Waals surface area contributed by atoms with Crippen LogP contribution >= 0.6 is 0 Å². The molecule has 1 aromatic carbocycles. The van der Waals surface area contributed by atoms with Gasteiger partial charge >= 0.3 is 0 Å².